The van der Waals surface area contributed by atoms with Crippen LogP contribution in [-0.2, 0) is 22.5 Å². The van der Waals surface area contributed by atoms with Gasteiger partial charge in [0.05, 0.1) is 6.10 Å². The molecule has 150 valence electrons. The van der Waals surface area contributed by atoms with E-state index in [2.05, 4.69) is 15.3 Å². The van der Waals surface area contributed by atoms with Crippen LogP contribution in [-0.4, -0.2) is 35.2 Å². The summed E-state index contributed by atoms with van der Waals surface area (Å²) in [5.41, 5.74) is 0.866. The zero-order valence-corrected chi connectivity index (χ0v) is 15.9. The molecule has 1 fully saturated rings. The second-order valence-electron chi connectivity index (χ2n) is 6.88. The lowest BCUT2D eigenvalue weighted by atomic mass is 10.1. The van der Waals surface area contributed by atoms with Gasteiger partial charge < -0.3 is 19.8 Å². The number of nitrogens with one attached hydrogen (secondary N) is 3. The summed E-state index contributed by atoms with van der Waals surface area (Å²) in [6.45, 7) is 3.40. The van der Waals surface area contributed by atoms with Gasteiger partial charge in [-0.05, 0) is 43.9 Å². The predicted octanol–water partition coefficient (Wildman–Crippen LogP) is 1.18. The summed E-state index contributed by atoms with van der Waals surface area (Å²) in [5, 5.41) is 2.83. The van der Waals surface area contributed by atoms with E-state index in [0.29, 0.717) is 24.4 Å². The maximum Gasteiger partial charge on any atom is 0.325 e. The summed E-state index contributed by atoms with van der Waals surface area (Å²) in [4.78, 5) is 39.8. The molecule has 8 heteroatoms. The highest BCUT2D eigenvalue weighted by Gasteiger charge is 2.16. The average molecular weight is 387 g/mol. The molecule has 1 aromatic heterocycles. The van der Waals surface area contributed by atoms with E-state index in [1.807, 2.05) is 24.3 Å². The summed E-state index contributed by atoms with van der Waals surface area (Å²) < 4.78 is 11.2. The maximum absolute atomic E-state index is 12.1. The topological polar surface area (TPSA) is 113 Å². The van der Waals surface area contributed by atoms with E-state index in [9.17, 15) is 14.4 Å². The zero-order chi connectivity index (χ0) is 19.9. The van der Waals surface area contributed by atoms with Gasteiger partial charge in [0.2, 0.25) is 5.91 Å². The first-order valence-corrected chi connectivity index (χ1v) is 9.43. The van der Waals surface area contributed by atoms with Crippen molar-refractivity contribution in [3.8, 4) is 5.75 Å². The standard InChI is InChI=1S/C20H25N3O5/c1-13-17(19(25)23-20(26)22-13)8-9-18(24)21-11-14-4-6-15(7-5-14)28-12-16-3-2-10-27-16/h4-7,16H,2-3,8-12H2,1H3,(H,21,24)(H2,22,23,25,26)/t16-/m1/s1. The highest BCUT2D eigenvalue weighted by atomic mass is 16.5. The van der Waals surface area contributed by atoms with E-state index in [1.165, 1.54) is 0 Å². The molecule has 1 aromatic carbocycles. The molecule has 0 saturated carbocycles. The van der Waals surface area contributed by atoms with Crippen LogP contribution in [0.15, 0.2) is 33.9 Å². The van der Waals surface area contributed by atoms with E-state index in [1.54, 1.807) is 6.92 Å². The fourth-order valence-electron chi connectivity index (χ4n) is 3.12. The molecule has 0 bridgehead atoms. The summed E-state index contributed by atoms with van der Waals surface area (Å²) in [6, 6.07) is 7.56. The number of hydrogen-bond acceptors (Lipinski definition) is 5. The molecule has 1 amide bonds. The fourth-order valence-corrected chi connectivity index (χ4v) is 3.12. The number of benzene rings is 1. The molecule has 0 aliphatic carbocycles. The van der Waals surface area contributed by atoms with Crippen molar-refractivity contribution in [1.29, 1.82) is 0 Å². The number of aromatic nitrogens is 2. The van der Waals surface area contributed by atoms with Crippen molar-refractivity contribution < 1.29 is 14.3 Å². The third-order valence-corrected chi connectivity index (χ3v) is 4.73. The molecule has 1 saturated heterocycles. The van der Waals surface area contributed by atoms with Crippen molar-refractivity contribution in [2.24, 2.45) is 0 Å². The Morgan fingerprint density at radius 1 is 1.25 bits per heavy atom. The Hall–Kier alpha value is -2.87. The average Bonchev–Trinajstić information content (AvgIpc) is 3.18. The van der Waals surface area contributed by atoms with Crippen molar-refractivity contribution in [3.05, 3.63) is 61.9 Å². The number of rotatable bonds is 8. The first-order valence-electron chi connectivity index (χ1n) is 9.43. The molecule has 3 N–H and O–H groups in total. The minimum absolute atomic E-state index is 0.163. The molecular weight excluding hydrogens is 362 g/mol. The van der Waals surface area contributed by atoms with E-state index in [-0.39, 0.29) is 24.9 Å². The molecule has 0 radical (unpaired) electrons. The van der Waals surface area contributed by atoms with Crippen LogP contribution in [0, 0.1) is 6.92 Å². The summed E-state index contributed by atoms with van der Waals surface area (Å²) >= 11 is 0. The van der Waals surface area contributed by atoms with E-state index in [0.717, 1.165) is 30.8 Å². The van der Waals surface area contributed by atoms with Crippen molar-refractivity contribution >= 4 is 5.91 Å². The molecular formula is C20H25N3O5. The Labute approximate surface area is 162 Å². The second kappa shape index (κ2) is 9.36. The van der Waals surface area contributed by atoms with E-state index >= 15 is 0 Å². The molecule has 28 heavy (non-hydrogen) atoms. The summed E-state index contributed by atoms with van der Waals surface area (Å²) in [6.07, 6.45) is 2.73. The number of aryl methyl sites for hydroxylation is 1. The highest BCUT2D eigenvalue weighted by Crippen LogP contribution is 2.16. The highest BCUT2D eigenvalue weighted by molar-refractivity contribution is 5.76. The Morgan fingerprint density at radius 3 is 2.71 bits per heavy atom. The number of aromatic amines is 2. The Kier molecular flexibility index (Phi) is 6.65. The molecule has 8 nitrogen and oxygen atoms in total. The van der Waals surface area contributed by atoms with Gasteiger partial charge in [-0.3, -0.25) is 14.6 Å². The monoisotopic (exact) mass is 387 g/mol. The third-order valence-electron chi connectivity index (χ3n) is 4.73. The lowest BCUT2D eigenvalue weighted by Gasteiger charge is -2.12. The van der Waals surface area contributed by atoms with E-state index in [4.69, 9.17) is 9.47 Å². The Morgan fingerprint density at radius 2 is 2.04 bits per heavy atom. The number of carbonyl (C=O) groups is 1. The Balaban J connectivity index is 1.43. The normalized spacial score (nSPS) is 16.1. The minimum atomic E-state index is -0.543. The molecule has 0 unspecified atom stereocenters. The lowest BCUT2D eigenvalue weighted by molar-refractivity contribution is -0.121. The molecule has 1 atom stereocenters. The van der Waals surface area contributed by atoms with Crippen molar-refractivity contribution in [2.75, 3.05) is 13.2 Å². The Bertz CT molecular complexity index is 911. The molecule has 0 spiro atoms. The predicted molar refractivity (Wildman–Crippen MR) is 103 cm³/mol. The molecule has 1 aliphatic rings. The third kappa shape index (κ3) is 5.56. The van der Waals surface area contributed by atoms with Crippen LogP contribution in [0.3, 0.4) is 0 Å². The lowest BCUT2D eigenvalue weighted by Crippen LogP contribution is -2.29. The fraction of sp³-hybridized carbons (Fsp3) is 0.450. The van der Waals surface area contributed by atoms with Crippen LogP contribution in [0.4, 0.5) is 0 Å². The van der Waals surface area contributed by atoms with Crippen LogP contribution < -0.4 is 21.3 Å². The van der Waals surface area contributed by atoms with Crippen LogP contribution in [0.5, 0.6) is 5.75 Å². The molecule has 2 heterocycles. The van der Waals surface area contributed by atoms with Gasteiger partial charge in [-0.15, -0.1) is 0 Å². The van der Waals surface area contributed by atoms with Gasteiger partial charge in [0, 0.05) is 30.8 Å². The van der Waals surface area contributed by atoms with Crippen LogP contribution in [0.25, 0.3) is 0 Å². The molecule has 3 rings (SSSR count). The van der Waals surface area contributed by atoms with E-state index < -0.39 is 11.2 Å². The zero-order valence-electron chi connectivity index (χ0n) is 15.9. The van der Waals surface area contributed by atoms with Crippen molar-refractivity contribution in [1.82, 2.24) is 15.3 Å². The van der Waals surface area contributed by atoms with Gasteiger partial charge in [0.15, 0.2) is 0 Å². The van der Waals surface area contributed by atoms with Gasteiger partial charge in [-0.25, -0.2) is 4.79 Å². The quantitative estimate of drug-likeness (QED) is 0.629. The maximum atomic E-state index is 12.1. The number of H-pyrrole nitrogens is 2. The summed E-state index contributed by atoms with van der Waals surface area (Å²) in [5.74, 6) is 0.613. The number of carbonyl (C=O) groups excluding carboxylic acids is 1. The van der Waals surface area contributed by atoms with Gasteiger partial charge in [-0.2, -0.15) is 0 Å². The first kappa shape index (κ1) is 19.9. The van der Waals surface area contributed by atoms with Crippen LogP contribution in [0.1, 0.15) is 36.1 Å². The minimum Gasteiger partial charge on any atom is -0.491 e. The van der Waals surface area contributed by atoms with Gasteiger partial charge in [-0.1, -0.05) is 12.1 Å². The summed E-state index contributed by atoms with van der Waals surface area (Å²) in [7, 11) is 0. The first-order chi connectivity index (χ1) is 13.5. The van der Waals surface area contributed by atoms with Crippen molar-refractivity contribution in [3.63, 3.8) is 0 Å². The molecule has 1 aliphatic heterocycles. The second-order valence-corrected chi connectivity index (χ2v) is 6.88. The van der Waals surface area contributed by atoms with Crippen LogP contribution in [0.2, 0.25) is 0 Å². The van der Waals surface area contributed by atoms with Gasteiger partial charge >= 0.3 is 5.69 Å². The number of ether oxygens (including phenoxy) is 2. The SMILES string of the molecule is Cc1[nH]c(=O)[nH]c(=O)c1CCC(=O)NCc1ccc(OC[C@H]2CCCO2)cc1. The van der Waals surface area contributed by atoms with Gasteiger partial charge in [0.1, 0.15) is 12.4 Å². The largest absolute Gasteiger partial charge is 0.491 e. The van der Waals surface area contributed by atoms with Gasteiger partial charge in [0.25, 0.3) is 5.56 Å². The van der Waals surface area contributed by atoms with Crippen molar-refractivity contribution in [2.45, 2.75) is 45.3 Å². The number of hydrogen-bond donors (Lipinski definition) is 3. The van der Waals surface area contributed by atoms with Crippen LogP contribution >= 0.6 is 0 Å². The smallest absolute Gasteiger partial charge is 0.325 e. The molecule has 2 aromatic rings. The number of amides is 1.